The van der Waals surface area contributed by atoms with Crippen molar-refractivity contribution in [3.8, 4) is 0 Å². The zero-order valence-corrected chi connectivity index (χ0v) is 12.2. The molecule has 1 amide bonds. The predicted octanol–water partition coefficient (Wildman–Crippen LogP) is 3.88. The molecule has 0 aliphatic heterocycles. The average molecular weight is 300 g/mol. The van der Waals surface area contributed by atoms with Crippen molar-refractivity contribution in [2.75, 3.05) is 0 Å². The molecule has 1 N–H and O–H groups in total. The molecule has 0 radical (unpaired) electrons. The van der Waals surface area contributed by atoms with Crippen molar-refractivity contribution in [2.45, 2.75) is 63.5 Å². The highest BCUT2D eigenvalue weighted by molar-refractivity contribution is 6.21. The van der Waals surface area contributed by atoms with Crippen molar-refractivity contribution < 1.29 is 18.0 Å². The Bertz CT molecular complexity index is 328. The van der Waals surface area contributed by atoms with Crippen LogP contribution in [0.3, 0.4) is 0 Å². The van der Waals surface area contributed by atoms with Crippen LogP contribution < -0.4 is 5.32 Å². The number of hydrogen-bond acceptors (Lipinski definition) is 1. The quantitative estimate of drug-likeness (QED) is 0.787. The van der Waals surface area contributed by atoms with Crippen LogP contribution in [0.2, 0.25) is 0 Å². The van der Waals surface area contributed by atoms with Gasteiger partial charge in [0, 0.05) is 5.92 Å². The summed E-state index contributed by atoms with van der Waals surface area (Å²) in [4.78, 5) is 12.1. The lowest BCUT2D eigenvalue weighted by molar-refractivity contribution is -0.186. The summed E-state index contributed by atoms with van der Waals surface area (Å²) in [6.07, 6.45) is -3.22. The molecular formula is C13H21ClF3NO. The first-order chi connectivity index (χ1) is 8.54. The van der Waals surface area contributed by atoms with Crippen LogP contribution in [0.1, 0.15) is 46.5 Å². The molecule has 1 rings (SSSR count). The van der Waals surface area contributed by atoms with Crippen LogP contribution in [-0.4, -0.2) is 23.0 Å². The fourth-order valence-electron chi connectivity index (χ4n) is 2.24. The smallest absolute Gasteiger partial charge is 0.350 e. The second-order valence-corrected chi connectivity index (χ2v) is 6.58. The maximum absolute atomic E-state index is 12.7. The molecule has 0 heterocycles. The third-order valence-corrected chi connectivity index (χ3v) is 4.49. The van der Waals surface area contributed by atoms with Gasteiger partial charge in [-0.25, -0.2) is 0 Å². The minimum Gasteiger partial charge on any atom is -0.350 e. The summed E-state index contributed by atoms with van der Waals surface area (Å²) in [7, 11) is 0. The highest BCUT2D eigenvalue weighted by Gasteiger charge is 2.44. The molecule has 0 saturated heterocycles. The van der Waals surface area contributed by atoms with Gasteiger partial charge in [0.05, 0.1) is 16.8 Å². The third kappa shape index (κ3) is 4.55. The Labute approximate surface area is 117 Å². The fraction of sp³-hybridized carbons (Fsp3) is 0.923. The van der Waals surface area contributed by atoms with E-state index >= 15 is 0 Å². The maximum atomic E-state index is 12.7. The van der Waals surface area contributed by atoms with Crippen LogP contribution in [0, 0.1) is 11.8 Å². The minimum absolute atomic E-state index is 0.109. The molecule has 1 aliphatic carbocycles. The zero-order chi connectivity index (χ0) is 14.8. The van der Waals surface area contributed by atoms with Crippen LogP contribution in [0.5, 0.6) is 0 Å². The third-order valence-electron chi connectivity index (χ3n) is 3.95. The van der Waals surface area contributed by atoms with Crippen molar-refractivity contribution in [1.82, 2.24) is 5.32 Å². The molecule has 1 saturated carbocycles. The van der Waals surface area contributed by atoms with Crippen LogP contribution in [0.4, 0.5) is 13.2 Å². The van der Waals surface area contributed by atoms with Crippen LogP contribution in [0.25, 0.3) is 0 Å². The predicted molar refractivity (Wildman–Crippen MR) is 69.0 cm³/mol. The van der Waals surface area contributed by atoms with Gasteiger partial charge in [-0.2, -0.15) is 13.2 Å². The van der Waals surface area contributed by atoms with E-state index in [-0.39, 0.29) is 24.1 Å². The van der Waals surface area contributed by atoms with E-state index in [1.807, 2.05) is 0 Å². The monoisotopic (exact) mass is 299 g/mol. The standard InChI is InChI=1S/C13H21ClF3NO/c1-8(14)12(2,3)18-11(19)9-5-4-6-10(7-9)13(15,16)17/h8-10H,4-7H2,1-3H3,(H,18,19). The molecule has 0 spiro atoms. The van der Waals surface area contributed by atoms with E-state index in [9.17, 15) is 18.0 Å². The van der Waals surface area contributed by atoms with E-state index in [0.29, 0.717) is 12.8 Å². The molecule has 3 atom stereocenters. The molecule has 0 aromatic rings. The van der Waals surface area contributed by atoms with Gasteiger partial charge in [0.2, 0.25) is 5.91 Å². The molecule has 6 heteroatoms. The van der Waals surface area contributed by atoms with Gasteiger partial charge in [0.1, 0.15) is 0 Å². The van der Waals surface area contributed by atoms with Gasteiger partial charge < -0.3 is 5.32 Å². The molecule has 3 unspecified atom stereocenters. The van der Waals surface area contributed by atoms with Gasteiger partial charge in [-0.15, -0.1) is 11.6 Å². The summed E-state index contributed by atoms with van der Waals surface area (Å²) in [5, 5.41) is 2.47. The van der Waals surface area contributed by atoms with E-state index in [1.54, 1.807) is 20.8 Å². The van der Waals surface area contributed by atoms with E-state index < -0.39 is 23.6 Å². The van der Waals surface area contributed by atoms with Gasteiger partial charge in [-0.05, 0) is 40.0 Å². The fourth-order valence-corrected chi connectivity index (χ4v) is 2.30. The number of amides is 1. The normalized spacial score (nSPS) is 26.9. The number of rotatable bonds is 3. The lowest BCUT2D eigenvalue weighted by atomic mass is 9.80. The van der Waals surface area contributed by atoms with Gasteiger partial charge in [-0.1, -0.05) is 6.42 Å². The topological polar surface area (TPSA) is 29.1 Å². The largest absolute Gasteiger partial charge is 0.391 e. The van der Waals surface area contributed by atoms with E-state index in [1.165, 1.54) is 0 Å². The lowest BCUT2D eigenvalue weighted by Crippen LogP contribution is -2.51. The summed E-state index contributed by atoms with van der Waals surface area (Å²) in [6.45, 7) is 5.29. The Balaban J connectivity index is 2.63. The highest BCUT2D eigenvalue weighted by atomic mass is 35.5. The summed E-state index contributed by atoms with van der Waals surface area (Å²) >= 11 is 5.96. The number of nitrogens with one attached hydrogen (secondary N) is 1. The number of alkyl halides is 4. The Hall–Kier alpha value is -0.450. The highest BCUT2D eigenvalue weighted by Crippen LogP contribution is 2.40. The van der Waals surface area contributed by atoms with Crippen molar-refractivity contribution in [3.05, 3.63) is 0 Å². The summed E-state index contributed by atoms with van der Waals surface area (Å²) < 4.78 is 38.1. The van der Waals surface area contributed by atoms with Crippen molar-refractivity contribution in [1.29, 1.82) is 0 Å². The second-order valence-electron chi connectivity index (χ2n) is 5.93. The van der Waals surface area contributed by atoms with Crippen molar-refractivity contribution in [2.24, 2.45) is 11.8 Å². The summed E-state index contributed by atoms with van der Waals surface area (Å²) in [5.74, 6) is -2.23. The van der Waals surface area contributed by atoms with E-state index in [2.05, 4.69) is 5.32 Å². The SMILES string of the molecule is CC(Cl)C(C)(C)NC(=O)C1CCCC(C(F)(F)F)C1. The summed E-state index contributed by atoms with van der Waals surface area (Å²) in [6, 6.07) is 0. The Morgan fingerprint density at radius 2 is 1.89 bits per heavy atom. The first-order valence-electron chi connectivity index (χ1n) is 6.57. The van der Waals surface area contributed by atoms with Gasteiger partial charge in [0.25, 0.3) is 0 Å². The molecule has 1 aliphatic rings. The molecule has 0 aromatic heterocycles. The Morgan fingerprint density at radius 3 is 2.37 bits per heavy atom. The van der Waals surface area contributed by atoms with E-state index in [4.69, 9.17) is 11.6 Å². The average Bonchev–Trinajstić information content (AvgIpc) is 2.27. The lowest BCUT2D eigenvalue weighted by Gasteiger charge is -2.34. The molecule has 1 fully saturated rings. The van der Waals surface area contributed by atoms with Gasteiger partial charge in [-0.3, -0.25) is 4.79 Å². The van der Waals surface area contributed by atoms with Crippen LogP contribution in [0.15, 0.2) is 0 Å². The Kier molecular flexibility index (Phi) is 5.15. The van der Waals surface area contributed by atoms with E-state index in [0.717, 1.165) is 0 Å². The van der Waals surface area contributed by atoms with Crippen LogP contribution in [-0.2, 0) is 4.79 Å². The second kappa shape index (κ2) is 5.90. The maximum Gasteiger partial charge on any atom is 0.391 e. The molecule has 0 bridgehead atoms. The molecule has 112 valence electrons. The zero-order valence-electron chi connectivity index (χ0n) is 11.5. The van der Waals surface area contributed by atoms with Crippen LogP contribution >= 0.6 is 11.6 Å². The van der Waals surface area contributed by atoms with Gasteiger partial charge in [0.15, 0.2) is 0 Å². The van der Waals surface area contributed by atoms with Gasteiger partial charge >= 0.3 is 6.18 Å². The molecule has 2 nitrogen and oxygen atoms in total. The molecular weight excluding hydrogens is 279 g/mol. The number of carbonyl (C=O) groups is 1. The Morgan fingerprint density at radius 1 is 1.32 bits per heavy atom. The first kappa shape index (κ1) is 16.6. The molecule has 19 heavy (non-hydrogen) atoms. The number of halogens is 4. The number of hydrogen-bond donors (Lipinski definition) is 1. The molecule has 0 aromatic carbocycles. The van der Waals surface area contributed by atoms with Crippen molar-refractivity contribution in [3.63, 3.8) is 0 Å². The van der Waals surface area contributed by atoms with Crippen molar-refractivity contribution >= 4 is 17.5 Å². The minimum atomic E-state index is -4.20. The number of carbonyl (C=O) groups excluding carboxylic acids is 1. The summed E-state index contributed by atoms with van der Waals surface area (Å²) in [5.41, 5.74) is -0.621. The first-order valence-corrected chi connectivity index (χ1v) is 7.00.